The predicted octanol–water partition coefficient (Wildman–Crippen LogP) is 1.53. The number of carbonyl (C=O) groups excluding carboxylic acids is 1. The third-order valence-corrected chi connectivity index (χ3v) is 5.21. The largest absolute Gasteiger partial charge is 0.461 e. The Bertz CT molecular complexity index is 1230. The van der Waals surface area contributed by atoms with Crippen LogP contribution in [0.15, 0.2) is 35.4 Å². The minimum Gasteiger partial charge on any atom is -0.461 e. The Hall–Kier alpha value is -3.45. The Morgan fingerprint density at radius 2 is 1.88 bits per heavy atom. The second kappa shape index (κ2) is 9.58. The summed E-state index contributed by atoms with van der Waals surface area (Å²) in [6, 6.07) is 6.32. The van der Waals surface area contributed by atoms with Crippen molar-refractivity contribution in [2.24, 2.45) is 12.2 Å². The quantitative estimate of drug-likeness (QED) is 0.408. The van der Waals surface area contributed by atoms with Crippen LogP contribution >= 0.6 is 0 Å². The summed E-state index contributed by atoms with van der Waals surface area (Å²) in [5.41, 5.74) is 0.798. The lowest BCUT2D eigenvalue weighted by Crippen LogP contribution is -2.34. The van der Waals surface area contributed by atoms with Crippen molar-refractivity contribution >= 4 is 33.0 Å². The van der Waals surface area contributed by atoms with Gasteiger partial charge in [0.15, 0.2) is 5.65 Å². The maximum atomic E-state index is 11.7. The Morgan fingerprint density at radius 1 is 1.18 bits per heavy atom. The van der Waals surface area contributed by atoms with E-state index >= 15 is 0 Å². The van der Waals surface area contributed by atoms with Crippen molar-refractivity contribution in [3.8, 4) is 6.01 Å². The van der Waals surface area contributed by atoms with Crippen molar-refractivity contribution in [1.82, 2.24) is 25.1 Å². The molecular weight excluding hydrogens is 450 g/mol. The number of rotatable bonds is 8. The number of ether oxygens (including phenoxy) is 2. The molecule has 0 spiro atoms. The summed E-state index contributed by atoms with van der Waals surface area (Å²) in [5, 5.41) is 15.8. The molecule has 3 aromatic rings. The van der Waals surface area contributed by atoms with E-state index in [4.69, 9.17) is 14.6 Å². The molecule has 2 heterocycles. The molecule has 178 valence electrons. The number of sulfonamides is 1. The van der Waals surface area contributed by atoms with E-state index in [2.05, 4.69) is 25.7 Å². The molecule has 1 aromatic carbocycles. The first kappa shape index (κ1) is 24.2. The van der Waals surface area contributed by atoms with Crippen LogP contribution in [-0.4, -0.2) is 53.0 Å². The summed E-state index contributed by atoms with van der Waals surface area (Å²) in [4.78, 5) is 20.5. The average Bonchev–Trinajstić information content (AvgIpc) is 3.09. The van der Waals surface area contributed by atoms with Gasteiger partial charge in [-0.15, -0.1) is 0 Å². The summed E-state index contributed by atoms with van der Waals surface area (Å²) in [6.45, 7) is 6.05. The third kappa shape index (κ3) is 6.76. The number of benzene rings is 1. The fraction of sp³-hybridized carbons (Fsp3) is 0.400. The third-order valence-electron chi connectivity index (χ3n) is 4.28. The molecule has 1 amide bonds. The standard InChI is InChI=1S/C20H27N7O5S/c1-20(2,3)32-19(28)22-9-10-31-18-25-16(15-12-24-27(4)17(15)26-18)23-11-13-5-7-14(8-6-13)33(21,29)30/h5-8,12H,9-11H2,1-4H3,(H,22,28)(H2,21,29,30)(H,23,25,26). The van der Waals surface area contributed by atoms with Gasteiger partial charge in [-0.1, -0.05) is 12.1 Å². The molecule has 0 aliphatic carbocycles. The topological polar surface area (TPSA) is 163 Å². The van der Waals surface area contributed by atoms with Crippen LogP contribution in [0, 0.1) is 0 Å². The molecule has 0 saturated carbocycles. The number of amides is 1. The Morgan fingerprint density at radius 3 is 2.52 bits per heavy atom. The van der Waals surface area contributed by atoms with Crippen LogP contribution in [0.5, 0.6) is 6.01 Å². The number of hydrogen-bond acceptors (Lipinski definition) is 9. The normalized spacial score (nSPS) is 11.9. The van der Waals surface area contributed by atoms with Crippen LogP contribution in [0.1, 0.15) is 26.3 Å². The molecule has 0 unspecified atom stereocenters. The van der Waals surface area contributed by atoms with Crippen LogP contribution in [0.4, 0.5) is 10.6 Å². The number of primary sulfonamides is 1. The van der Waals surface area contributed by atoms with Gasteiger partial charge >= 0.3 is 12.1 Å². The number of carbonyl (C=O) groups is 1. The van der Waals surface area contributed by atoms with Crippen LogP contribution in [0.2, 0.25) is 0 Å². The molecule has 0 aliphatic rings. The molecule has 3 rings (SSSR count). The van der Waals surface area contributed by atoms with E-state index in [0.717, 1.165) is 5.56 Å². The summed E-state index contributed by atoms with van der Waals surface area (Å²) < 4.78 is 35.2. The van der Waals surface area contributed by atoms with Crippen molar-refractivity contribution in [3.63, 3.8) is 0 Å². The first-order valence-electron chi connectivity index (χ1n) is 10.1. The van der Waals surface area contributed by atoms with E-state index in [9.17, 15) is 13.2 Å². The maximum Gasteiger partial charge on any atom is 0.407 e. The van der Waals surface area contributed by atoms with E-state index in [1.807, 2.05) is 0 Å². The molecule has 12 nitrogen and oxygen atoms in total. The molecule has 33 heavy (non-hydrogen) atoms. The summed E-state index contributed by atoms with van der Waals surface area (Å²) in [5.74, 6) is 0.499. The second-order valence-electron chi connectivity index (χ2n) is 8.18. The molecule has 13 heteroatoms. The van der Waals surface area contributed by atoms with Gasteiger partial charge in [0.2, 0.25) is 10.0 Å². The molecule has 0 aliphatic heterocycles. The van der Waals surface area contributed by atoms with E-state index in [1.54, 1.807) is 50.8 Å². The Kier molecular flexibility index (Phi) is 7.03. The van der Waals surface area contributed by atoms with E-state index in [1.165, 1.54) is 12.1 Å². The van der Waals surface area contributed by atoms with Gasteiger partial charge in [-0.3, -0.25) is 4.68 Å². The van der Waals surface area contributed by atoms with E-state index in [-0.39, 0.29) is 24.1 Å². The Labute approximate surface area is 191 Å². The summed E-state index contributed by atoms with van der Waals surface area (Å²) >= 11 is 0. The zero-order valence-corrected chi connectivity index (χ0v) is 19.6. The van der Waals surface area contributed by atoms with Gasteiger partial charge in [0, 0.05) is 13.6 Å². The molecule has 0 radical (unpaired) electrons. The number of nitrogens with zero attached hydrogens (tertiary/aromatic N) is 4. The molecular formula is C20H27N7O5S. The van der Waals surface area contributed by atoms with Crippen molar-refractivity contribution in [3.05, 3.63) is 36.0 Å². The number of aryl methyl sites for hydroxylation is 1. The molecule has 4 N–H and O–H groups in total. The van der Waals surface area contributed by atoms with Gasteiger partial charge in [0.25, 0.3) is 0 Å². The number of fused-ring (bicyclic) bond motifs is 1. The number of aromatic nitrogens is 4. The lowest BCUT2D eigenvalue weighted by molar-refractivity contribution is 0.0519. The number of nitrogens with two attached hydrogens (primary N) is 1. The van der Waals surface area contributed by atoms with Gasteiger partial charge in [-0.25, -0.2) is 18.4 Å². The van der Waals surface area contributed by atoms with Crippen LogP contribution in [0.25, 0.3) is 11.0 Å². The van der Waals surface area contributed by atoms with Gasteiger partial charge in [0.05, 0.1) is 23.0 Å². The lowest BCUT2D eigenvalue weighted by Gasteiger charge is -2.19. The number of hydrogen-bond donors (Lipinski definition) is 3. The zero-order chi connectivity index (χ0) is 24.2. The molecule has 0 atom stereocenters. The van der Waals surface area contributed by atoms with Crippen molar-refractivity contribution in [1.29, 1.82) is 0 Å². The number of nitrogens with one attached hydrogen (secondary N) is 2. The summed E-state index contributed by atoms with van der Waals surface area (Å²) in [6.07, 6.45) is 1.10. The van der Waals surface area contributed by atoms with Crippen LogP contribution < -0.4 is 20.5 Å². The van der Waals surface area contributed by atoms with Crippen molar-refractivity contribution < 1.29 is 22.7 Å². The lowest BCUT2D eigenvalue weighted by atomic mass is 10.2. The summed E-state index contributed by atoms with van der Waals surface area (Å²) in [7, 11) is -2.00. The van der Waals surface area contributed by atoms with E-state index in [0.29, 0.717) is 23.4 Å². The van der Waals surface area contributed by atoms with Crippen molar-refractivity contribution in [2.75, 3.05) is 18.5 Å². The SMILES string of the molecule is Cn1ncc2c(NCc3ccc(S(N)(=O)=O)cc3)nc(OCCNC(=O)OC(C)(C)C)nc21. The first-order valence-corrected chi connectivity index (χ1v) is 11.6. The zero-order valence-electron chi connectivity index (χ0n) is 18.8. The maximum absolute atomic E-state index is 11.7. The monoisotopic (exact) mass is 477 g/mol. The highest BCUT2D eigenvalue weighted by molar-refractivity contribution is 7.89. The first-order chi connectivity index (χ1) is 15.4. The minimum absolute atomic E-state index is 0.0404. The second-order valence-corrected chi connectivity index (χ2v) is 9.74. The highest BCUT2D eigenvalue weighted by atomic mass is 32.2. The fourth-order valence-electron chi connectivity index (χ4n) is 2.79. The highest BCUT2D eigenvalue weighted by Crippen LogP contribution is 2.23. The fourth-order valence-corrected chi connectivity index (χ4v) is 3.31. The molecule has 0 saturated heterocycles. The van der Waals surface area contributed by atoms with Crippen LogP contribution in [-0.2, 0) is 28.4 Å². The Balaban J connectivity index is 1.66. The minimum atomic E-state index is -3.75. The molecule has 2 aromatic heterocycles. The van der Waals surface area contributed by atoms with Crippen LogP contribution in [0.3, 0.4) is 0 Å². The number of alkyl carbamates (subject to hydrolysis) is 1. The van der Waals surface area contributed by atoms with E-state index < -0.39 is 21.7 Å². The smallest absolute Gasteiger partial charge is 0.407 e. The number of anilines is 1. The van der Waals surface area contributed by atoms with Gasteiger partial charge in [-0.05, 0) is 38.5 Å². The molecule has 0 bridgehead atoms. The highest BCUT2D eigenvalue weighted by Gasteiger charge is 2.16. The van der Waals surface area contributed by atoms with Gasteiger partial charge in [0.1, 0.15) is 18.0 Å². The van der Waals surface area contributed by atoms with Gasteiger partial charge in [-0.2, -0.15) is 15.1 Å². The molecule has 0 fully saturated rings. The van der Waals surface area contributed by atoms with Gasteiger partial charge < -0.3 is 20.1 Å². The predicted molar refractivity (Wildman–Crippen MR) is 121 cm³/mol. The van der Waals surface area contributed by atoms with Crippen molar-refractivity contribution in [2.45, 2.75) is 37.8 Å². The average molecular weight is 478 g/mol.